The van der Waals surface area contributed by atoms with Gasteiger partial charge >= 0.3 is 5.97 Å². The first-order valence-electron chi connectivity index (χ1n) is 4.27. The molecule has 0 aromatic carbocycles. The van der Waals surface area contributed by atoms with Crippen molar-refractivity contribution in [1.82, 2.24) is 5.32 Å². The molecule has 0 aliphatic rings. The first kappa shape index (κ1) is 19.8. The van der Waals surface area contributed by atoms with Gasteiger partial charge in [0.1, 0.15) is 12.1 Å². The van der Waals surface area contributed by atoms with E-state index < -0.39 is 11.6 Å². The molecule has 0 spiro atoms. The van der Waals surface area contributed by atoms with Crippen LogP contribution in [0.3, 0.4) is 0 Å². The molecule has 89 valence electrons. The smallest absolute Gasteiger partial charge is 0.325 e. The molecule has 0 aliphatic carbocycles. The first-order chi connectivity index (χ1) is 6.31. The molecule has 0 heterocycles. The van der Waals surface area contributed by atoms with Crippen LogP contribution in [0.1, 0.15) is 29.1 Å². The number of hydrogen-bond donors (Lipinski definition) is 1. The van der Waals surface area contributed by atoms with Crippen molar-refractivity contribution in [2.75, 3.05) is 6.54 Å². The van der Waals surface area contributed by atoms with Gasteiger partial charge in [-0.1, -0.05) is 0 Å². The van der Waals surface area contributed by atoms with Gasteiger partial charge in [0.25, 0.3) is 0 Å². The molecular weight excluding hydrogens is 233 g/mol. The van der Waals surface area contributed by atoms with E-state index in [1.54, 1.807) is 20.8 Å². The van der Waals surface area contributed by atoms with Gasteiger partial charge in [0.2, 0.25) is 5.91 Å². The summed E-state index contributed by atoms with van der Waals surface area (Å²) in [5.41, 5.74) is -0.491. The summed E-state index contributed by atoms with van der Waals surface area (Å²) in [5.74, 6) is -0.654. The Morgan fingerprint density at radius 3 is 2.00 bits per heavy atom. The average Bonchev–Trinajstić information content (AvgIpc) is 2.02. The molecule has 5 heteroatoms. The van der Waals surface area contributed by atoms with E-state index in [0.717, 1.165) is 0 Å². The van der Waals surface area contributed by atoms with Crippen molar-refractivity contribution in [2.24, 2.45) is 0 Å². The van der Waals surface area contributed by atoms with Crippen LogP contribution < -0.4 is 5.32 Å². The molecule has 0 aromatic rings. The quantitative estimate of drug-likeness (QED) is 0.600. The van der Waals surface area contributed by atoms with Crippen molar-refractivity contribution in [1.29, 1.82) is 0 Å². The minimum absolute atomic E-state index is 0. The van der Waals surface area contributed by atoms with Crippen molar-refractivity contribution >= 4 is 11.9 Å². The van der Waals surface area contributed by atoms with Gasteiger partial charge < -0.3 is 10.1 Å². The Bertz CT molecular complexity index is 205. The SMILES string of the molecule is C=C.CC(=O)NCC(=O)OC(C)(C)C.[HH].[V]. The van der Waals surface area contributed by atoms with E-state index in [9.17, 15) is 9.59 Å². The normalized spacial score (nSPS) is 8.80. The maximum absolute atomic E-state index is 10.9. The minimum atomic E-state index is -0.491. The molecule has 0 unspecified atom stereocenters. The molecule has 15 heavy (non-hydrogen) atoms. The zero-order chi connectivity index (χ0) is 11.8. The van der Waals surface area contributed by atoms with Gasteiger partial charge in [-0.05, 0) is 20.8 Å². The van der Waals surface area contributed by atoms with E-state index in [4.69, 9.17) is 4.74 Å². The Labute approximate surface area is 105 Å². The van der Waals surface area contributed by atoms with Crippen molar-refractivity contribution < 1.29 is 34.3 Å². The number of ether oxygens (including phenoxy) is 1. The standard InChI is InChI=1S/C8H15NO3.C2H4.V.H2/c1-6(10)9-5-7(11)12-8(2,3)4;1-2;;/h5H2,1-4H3,(H,9,10);1-2H2;;1H. The Kier molecular flexibility index (Phi) is 12.9. The molecule has 0 aromatic heterocycles. The number of carbonyl (C=O) groups excluding carboxylic acids is 2. The van der Waals surface area contributed by atoms with Crippen LogP contribution in [0.25, 0.3) is 0 Å². The minimum Gasteiger partial charge on any atom is -0.459 e. The molecule has 0 aliphatic heterocycles. The summed E-state index contributed by atoms with van der Waals surface area (Å²) in [6.07, 6.45) is 0. The van der Waals surface area contributed by atoms with Crippen LogP contribution in [0.15, 0.2) is 13.2 Å². The van der Waals surface area contributed by atoms with Gasteiger partial charge in [0.05, 0.1) is 0 Å². The monoisotopic (exact) mass is 254 g/mol. The second-order valence-electron chi connectivity index (χ2n) is 3.50. The third-order valence-electron chi connectivity index (χ3n) is 0.902. The van der Waals surface area contributed by atoms with E-state index in [-0.39, 0.29) is 32.4 Å². The molecule has 0 bridgehead atoms. The second kappa shape index (κ2) is 9.81. The van der Waals surface area contributed by atoms with Crippen molar-refractivity contribution in [3.05, 3.63) is 13.2 Å². The average molecular weight is 254 g/mol. The van der Waals surface area contributed by atoms with Crippen LogP contribution in [-0.2, 0) is 32.9 Å². The van der Waals surface area contributed by atoms with Crippen molar-refractivity contribution in [3.8, 4) is 0 Å². The van der Waals surface area contributed by atoms with Crippen LogP contribution in [0.4, 0.5) is 0 Å². The Morgan fingerprint density at radius 1 is 1.33 bits per heavy atom. The molecule has 1 radical (unpaired) electrons. The van der Waals surface area contributed by atoms with Crippen molar-refractivity contribution in [2.45, 2.75) is 33.3 Å². The number of rotatable bonds is 2. The van der Waals surface area contributed by atoms with Crippen LogP contribution >= 0.6 is 0 Å². The zero-order valence-corrected chi connectivity index (χ0v) is 11.2. The molecule has 0 fully saturated rings. The van der Waals surface area contributed by atoms with Crippen LogP contribution in [0.5, 0.6) is 0 Å². The van der Waals surface area contributed by atoms with Crippen molar-refractivity contribution in [3.63, 3.8) is 0 Å². The van der Waals surface area contributed by atoms with Crippen LogP contribution in [0, 0.1) is 0 Å². The second-order valence-corrected chi connectivity index (χ2v) is 3.50. The first-order valence-corrected chi connectivity index (χ1v) is 4.27. The Hall–Kier alpha value is -0.736. The van der Waals surface area contributed by atoms with Gasteiger partial charge in [-0.25, -0.2) is 0 Å². The topological polar surface area (TPSA) is 55.4 Å². The number of amides is 1. The summed E-state index contributed by atoms with van der Waals surface area (Å²) in [5, 5.41) is 2.35. The molecule has 4 nitrogen and oxygen atoms in total. The van der Waals surface area contributed by atoms with Crippen LogP contribution in [-0.4, -0.2) is 24.0 Å². The molecule has 0 rings (SSSR count). The third-order valence-corrected chi connectivity index (χ3v) is 0.902. The number of nitrogens with one attached hydrogen (secondary N) is 1. The van der Waals surface area contributed by atoms with Gasteiger partial charge in [0, 0.05) is 26.9 Å². The van der Waals surface area contributed by atoms with Gasteiger partial charge in [-0.15, -0.1) is 13.2 Å². The Balaban J connectivity index is -0.000000169. The zero-order valence-electron chi connectivity index (χ0n) is 9.79. The predicted molar refractivity (Wildman–Crippen MR) is 57.9 cm³/mol. The summed E-state index contributed by atoms with van der Waals surface area (Å²) < 4.78 is 4.93. The summed E-state index contributed by atoms with van der Waals surface area (Å²) in [6, 6.07) is 0. The summed E-state index contributed by atoms with van der Waals surface area (Å²) in [7, 11) is 0. The van der Waals surface area contributed by atoms with E-state index >= 15 is 0 Å². The van der Waals surface area contributed by atoms with E-state index in [1.165, 1.54) is 6.92 Å². The Morgan fingerprint density at radius 2 is 1.73 bits per heavy atom. The van der Waals surface area contributed by atoms with Gasteiger partial charge in [-0.3, -0.25) is 9.59 Å². The van der Waals surface area contributed by atoms with E-state index in [0.29, 0.717) is 0 Å². The largest absolute Gasteiger partial charge is 0.459 e. The fourth-order valence-corrected chi connectivity index (χ4v) is 0.574. The summed E-state index contributed by atoms with van der Waals surface area (Å²) in [4.78, 5) is 21.3. The molecule has 1 amide bonds. The van der Waals surface area contributed by atoms with Gasteiger partial charge in [-0.2, -0.15) is 0 Å². The summed E-state index contributed by atoms with van der Waals surface area (Å²) >= 11 is 0. The van der Waals surface area contributed by atoms with Gasteiger partial charge in [0.15, 0.2) is 0 Å². The summed E-state index contributed by atoms with van der Waals surface area (Å²) in [6.45, 7) is 12.6. The molecule has 0 saturated heterocycles. The fourth-order valence-electron chi connectivity index (χ4n) is 0.574. The van der Waals surface area contributed by atoms with E-state index in [1.807, 2.05) is 0 Å². The van der Waals surface area contributed by atoms with Crippen LogP contribution in [0.2, 0.25) is 0 Å². The number of carbonyl (C=O) groups is 2. The van der Waals surface area contributed by atoms with E-state index in [2.05, 4.69) is 18.5 Å². The molecule has 1 N–H and O–H groups in total. The number of hydrogen-bond acceptors (Lipinski definition) is 3. The number of esters is 1. The molecular formula is C10H21NO3V. The maximum atomic E-state index is 10.9. The third kappa shape index (κ3) is 19.6. The molecule has 0 saturated carbocycles. The fraction of sp³-hybridized carbons (Fsp3) is 0.600. The predicted octanol–water partition coefficient (Wildman–Crippen LogP) is 1.51. The maximum Gasteiger partial charge on any atom is 0.325 e. The molecule has 0 atom stereocenters.